The molecule has 0 amide bonds. The Kier molecular flexibility index (Phi) is 5.01. The molecule has 0 atom stereocenters. The summed E-state index contributed by atoms with van der Waals surface area (Å²) in [5.74, 6) is 0. The first kappa shape index (κ1) is 15.6. The van der Waals surface area contributed by atoms with Crippen molar-refractivity contribution >= 4 is 0 Å². The van der Waals surface area contributed by atoms with Crippen molar-refractivity contribution in [1.82, 2.24) is 15.1 Å². The number of hydrogen-bond acceptors (Lipinski definition) is 2. The van der Waals surface area contributed by atoms with Crippen molar-refractivity contribution in [3.63, 3.8) is 0 Å². The number of aromatic nitrogens is 2. The van der Waals surface area contributed by atoms with Gasteiger partial charge in [-0.15, -0.1) is 0 Å². The lowest BCUT2D eigenvalue weighted by Gasteiger charge is -2.11. The van der Waals surface area contributed by atoms with E-state index in [0.717, 1.165) is 24.7 Å². The maximum atomic E-state index is 12.7. The molecule has 0 fully saturated rings. The molecule has 6 heteroatoms. The van der Waals surface area contributed by atoms with Crippen molar-refractivity contribution in [2.24, 2.45) is 0 Å². The zero-order chi connectivity index (χ0) is 15.3. The second-order valence-electron chi connectivity index (χ2n) is 4.86. The van der Waals surface area contributed by atoms with Crippen LogP contribution in [-0.2, 0) is 19.3 Å². The Balaban J connectivity index is 2.10. The van der Waals surface area contributed by atoms with Crippen molar-refractivity contribution < 1.29 is 13.2 Å². The molecule has 2 aromatic rings. The van der Waals surface area contributed by atoms with Crippen LogP contribution < -0.4 is 5.32 Å². The van der Waals surface area contributed by atoms with Gasteiger partial charge in [0.05, 0.1) is 17.8 Å². The largest absolute Gasteiger partial charge is 0.416 e. The Morgan fingerprint density at radius 1 is 1.24 bits per heavy atom. The van der Waals surface area contributed by atoms with Gasteiger partial charge in [0.2, 0.25) is 0 Å². The monoisotopic (exact) mass is 297 g/mol. The third-order valence-electron chi connectivity index (χ3n) is 3.12. The van der Waals surface area contributed by atoms with Gasteiger partial charge < -0.3 is 5.32 Å². The lowest BCUT2D eigenvalue weighted by molar-refractivity contribution is -0.137. The topological polar surface area (TPSA) is 29.9 Å². The summed E-state index contributed by atoms with van der Waals surface area (Å²) in [5, 5.41) is 7.44. The number of hydrogen-bond donors (Lipinski definition) is 1. The molecule has 0 spiro atoms. The highest BCUT2D eigenvalue weighted by atomic mass is 19.4. The highest BCUT2D eigenvalue weighted by Gasteiger charge is 2.30. The fourth-order valence-electron chi connectivity index (χ4n) is 2.06. The van der Waals surface area contributed by atoms with Crippen LogP contribution >= 0.6 is 0 Å². The summed E-state index contributed by atoms with van der Waals surface area (Å²) in [6, 6.07) is 7.23. The first-order valence-electron chi connectivity index (χ1n) is 6.88. The van der Waals surface area contributed by atoms with Gasteiger partial charge in [0, 0.05) is 12.7 Å². The number of nitrogens with one attached hydrogen (secondary N) is 1. The molecule has 0 aliphatic carbocycles. The molecule has 1 aromatic heterocycles. The number of rotatable bonds is 6. The number of benzene rings is 1. The molecule has 0 radical (unpaired) electrons. The summed E-state index contributed by atoms with van der Waals surface area (Å²) in [5.41, 5.74) is 0.920. The fraction of sp³-hybridized carbons (Fsp3) is 0.400. The first-order chi connectivity index (χ1) is 10.0. The minimum Gasteiger partial charge on any atom is -0.311 e. The van der Waals surface area contributed by atoms with Crippen LogP contribution in [0.5, 0.6) is 0 Å². The average molecular weight is 297 g/mol. The predicted octanol–water partition coefficient (Wildman–Crippen LogP) is 3.45. The number of alkyl halides is 3. The van der Waals surface area contributed by atoms with Gasteiger partial charge in [-0.3, -0.25) is 4.68 Å². The van der Waals surface area contributed by atoms with Gasteiger partial charge in [0.25, 0.3) is 0 Å². The van der Waals surface area contributed by atoms with Crippen LogP contribution in [0.4, 0.5) is 13.2 Å². The van der Waals surface area contributed by atoms with Gasteiger partial charge in [0.1, 0.15) is 0 Å². The van der Waals surface area contributed by atoms with Gasteiger partial charge in [0.15, 0.2) is 0 Å². The van der Waals surface area contributed by atoms with E-state index in [1.165, 1.54) is 12.1 Å². The lowest BCUT2D eigenvalue weighted by Crippen LogP contribution is -2.18. The van der Waals surface area contributed by atoms with E-state index in [4.69, 9.17) is 0 Å². The summed E-state index contributed by atoms with van der Waals surface area (Å²) >= 11 is 0. The Labute approximate surface area is 121 Å². The van der Waals surface area contributed by atoms with Crippen LogP contribution in [0.25, 0.3) is 0 Å². The molecule has 0 bridgehead atoms. The Morgan fingerprint density at radius 2 is 2.05 bits per heavy atom. The van der Waals surface area contributed by atoms with Crippen molar-refractivity contribution in [2.45, 2.75) is 32.6 Å². The molecule has 1 N–H and O–H groups in total. The molecule has 0 unspecified atom stereocenters. The Bertz CT molecular complexity index is 576. The van der Waals surface area contributed by atoms with Gasteiger partial charge in [-0.25, -0.2) is 0 Å². The van der Waals surface area contributed by atoms with E-state index in [2.05, 4.69) is 17.3 Å². The predicted molar refractivity (Wildman–Crippen MR) is 74.8 cm³/mol. The molecule has 0 saturated heterocycles. The Hall–Kier alpha value is -1.82. The molecular weight excluding hydrogens is 279 g/mol. The summed E-state index contributed by atoms with van der Waals surface area (Å²) in [4.78, 5) is 0. The van der Waals surface area contributed by atoms with E-state index >= 15 is 0 Å². The van der Waals surface area contributed by atoms with Crippen LogP contribution in [0.3, 0.4) is 0 Å². The number of halogens is 3. The molecule has 3 nitrogen and oxygen atoms in total. The SMILES string of the molecule is CCCNCc1ccnn1Cc1cccc(C(F)(F)F)c1. The van der Waals surface area contributed by atoms with Gasteiger partial charge in [-0.1, -0.05) is 19.1 Å². The lowest BCUT2D eigenvalue weighted by atomic mass is 10.1. The van der Waals surface area contributed by atoms with Gasteiger partial charge in [-0.05, 0) is 36.7 Å². The molecule has 1 aromatic carbocycles. The quantitative estimate of drug-likeness (QED) is 0.828. The zero-order valence-electron chi connectivity index (χ0n) is 11.8. The molecule has 21 heavy (non-hydrogen) atoms. The van der Waals surface area contributed by atoms with Gasteiger partial charge >= 0.3 is 6.18 Å². The minimum absolute atomic E-state index is 0.333. The summed E-state index contributed by atoms with van der Waals surface area (Å²) in [6.07, 6.45) is -1.62. The van der Waals surface area contributed by atoms with Crippen LogP contribution in [0.2, 0.25) is 0 Å². The van der Waals surface area contributed by atoms with E-state index in [1.54, 1.807) is 16.9 Å². The normalized spacial score (nSPS) is 11.8. The molecule has 114 valence electrons. The molecular formula is C15H18F3N3. The highest BCUT2D eigenvalue weighted by Crippen LogP contribution is 2.29. The van der Waals surface area contributed by atoms with Crippen LogP contribution in [0, 0.1) is 0 Å². The van der Waals surface area contributed by atoms with Crippen molar-refractivity contribution in [1.29, 1.82) is 0 Å². The van der Waals surface area contributed by atoms with Crippen molar-refractivity contribution in [2.75, 3.05) is 6.54 Å². The smallest absolute Gasteiger partial charge is 0.311 e. The standard InChI is InChI=1S/C15H18F3N3/c1-2-7-19-10-14-6-8-20-21(14)11-12-4-3-5-13(9-12)15(16,17)18/h3-6,8-9,19H,2,7,10-11H2,1H3. The maximum absolute atomic E-state index is 12.7. The van der Waals surface area contributed by atoms with E-state index in [9.17, 15) is 13.2 Å². The van der Waals surface area contributed by atoms with Crippen LogP contribution in [-0.4, -0.2) is 16.3 Å². The van der Waals surface area contributed by atoms with E-state index in [1.807, 2.05) is 6.07 Å². The molecule has 2 rings (SSSR count). The summed E-state index contributed by atoms with van der Waals surface area (Å²) < 4.78 is 39.8. The van der Waals surface area contributed by atoms with E-state index < -0.39 is 11.7 Å². The minimum atomic E-state index is -4.31. The van der Waals surface area contributed by atoms with Crippen molar-refractivity contribution in [3.8, 4) is 0 Å². The molecule has 0 aliphatic rings. The Morgan fingerprint density at radius 3 is 2.76 bits per heavy atom. The number of nitrogens with zero attached hydrogens (tertiary/aromatic N) is 2. The first-order valence-corrected chi connectivity index (χ1v) is 6.88. The second-order valence-corrected chi connectivity index (χ2v) is 4.86. The van der Waals surface area contributed by atoms with Crippen LogP contribution in [0.1, 0.15) is 30.2 Å². The highest BCUT2D eigenvalue weighted by molar-refractivity contribution is 5.26. The van der Waals surface area contributed by atoms with Crippen LogP contribution in [0.15, 0.2) is 36.5 Å². The molecule has 0 saturated carbocycles. The third kappa shape index (κ3) is 4.32. The summed E-state index contributed by atoms with van der Waals surface area (Å²) in [7, 11) is 0. The molecule has 1 heterocycles. The van der Waals surface area contributed by atoms with E-state index in [0.29, 0.717) is 18.7 Å². The van der Waals surface area contributed by atoms with Gasteiger partial charge in [-0.2, -0.15) is 18.3 Å². The maximum Gasteiger partial charge on any atom is 0.416 e. The zero-order valence-corrected chi connectivity index (χ0v) is 11.8. The average Bonchev–Trinajstić information content (AvgIpc) is 2.86. The summed E-state index contributed by atoms with van der Waals surface area (Å²) in [6.45, 7) is 3.97. The third-order valence-corrected chi connectivity index (χ3v) is 3.12. The van der Waals surface area contributed by atoms with E-state index in [-0.39, 0.29) is 0 Å². The fourth-order valence-corrected chi connectivity index (χ4v) is 2.06. The second kappa shape index (κ2) is 6.76. The van der Waals surface area contributed by atoms with Crippen molar-refractivity contribution in [3.05, 3.63) is 53.3 Å². The molecule has 0 aliphatic heterocycles.